The topological polar surface area (TPSA) is 77.5 Å². The van der Waals surface area contributed by atoms with E-state index in [2.05, 4.69) is 29.6 Å². The molecule has 1 fully saturated rings. The van der Waals surface area contributed by atoms with Crippen molar-refractivity contribution in [2.75, 3.05) is 19.8 Å². The van der Waals surface area contributed by atoms with Gasteiger partial charge in [0.2, 0.25) is 0 Å². The molecule has 0 saturated carbocycles. The quantitative estimate of drug-likeness (QED) is 0.239. The summed E-state index contributed by atoms with van der Waals surface area (Å²) >= 11 is 6.54. The standard InChI is InChI=1S/C33H31ClN2O4/c1-20(35-33(38)40-19-27-25-10-4-2-8-23(25)24-9-3-5-11-26(24)27)29-18-22-7-6-12-28(34)31(22)32(36-29)30(37)17-21-13-15-39-16-14-21/h2-12,18,20-21,27H,13-17,19H2,1H3,(H,35,38)/t20-/m0/s1. The maximum Gasteiger partial charge on any atom is 0.407 e. The predicted octanol–water partition coefficient (Wildman–Crippen LogP) is 7.49. The number of benzene rings is 3. The van der Waals surface area contributed by atoms with E-state index in [0.717, 1.165) is 29.4 Å². The van der Waals surface area contributed by atoms with E-state index in [1.807, 2.05) is 49.4 Å². The van der Waals surface area contributed by atoms with Crippen LogP contribution in [-0.4, -0.2) is 36.7 Å². The van der Waals surface area contributed by atoms with Crippen molar-refractivity contribution in [3.05, 3.63) is 100 Å². The molecule has 4 aromatic rings. The maximum absolute atomic E-state index is 13.5. The molecule has 0 bridgehead atoms. The number of amides is 1. The number of carbonyl (C=O) groups excluding carboxylic acids is 2. The fourth-order valence-electron chi connectivity index (χ4n) is 5.91. The van der Waals surface area contributed by atoms with Crippen molar-refractivity contribution in [2.45, 2.75) is 38.1 Å². The van der Waals surface area contributed by atoms with Crippen molar-refractivity contribution in [3.63, 3.8) is 0 Å². The summed E-state index contributed by atoms with van der Waals surface area (Å²) in [6.45, 7) is 3.41. The van der Waals surface area contributed by atoms with Gasteiger partial charge in [0.15, 0.2) is 5.78 Å². The Kier molecular flexibility index (Phi) is 7.55. The number of Topliss-reactive ketones (excluding diaryl/α,β-unsaturated/α-hetero) is 1. The van der Waals surface area contributed by atoms with E-state index in [0.29, 0.717) is 41.4 Å². The fraction of sp³-hybridized carbons (Fsp3) is 0.303. The molecule has 3 aromatic carbocycles. The normalized spacial score (nSPS) is 15.8. The third-order valence-corrected chi connectivity index (χ3v) is 8.34. The summed E-state index contributed by atoms with van der Waals surface area (Å²) in [6.07, 6.45) is 1.58. The predicted molar refractivity (Wildman–Crippen MR) is 156 cm³/mol. The van der Waals surface area contributed by atoms with Gasteiger partial charge >= 0.3 is 6.09 Å². The molecule has 1 aromatic heterocycles. The van der Waals surface area contributed by atoms with Crippen LogP contribution in [0.5, 0.6) is 0 Å². The van der Waals surface area contributed by atoms with Crippen LogP contribution in [0, 0.1) is 5.92 Å². The van der Waals surface area contributed by atoms with Crippen molar-refractivity contribution >= 4 is 34.2 Å². The lowest BCUT2D eigenvalue weighted by Crippen LogP contribution is -2.29. The number of ketones is 1. The number of nitrogens with one attached hydrogen (secondary N) is 1. The summed E-state index contributed by atoms with van der Waals surface area (Å²) in [4.78, 5) is 31.1. The Labute approximate surface area is 238 Å². The van der Waals surface area contributed by atoms with E-state index in [4.69, 9.17) is 26.1 Å². The van der Waals surface area contributed by atoms with Gasteiger partial charge in [0.25, 0.3) is 0 Å². The summed E-state index contributed by atoms with van der Waals surface area (Å²) in [7, 11) is 0. The van der Waals surface area contributed by atoms with Crippen LogP contribution in [0.3, 0.4) is 0 Å². The Morgan fingerprint density at radius 3 is 2.38 bits per heavy atom. The zero-order chi connectivity index (χ0) is 27.6. The van der Waals surface area contributed by atoms with E-state index in [1.54, 1.807) is 6.07 Å². The zero-order valence-corrected chi connectivity index (χ0v) is 23.1. The van der Waals surface area contributed by atoms with Crippen molar-refractivity contribution in [1.82, 2.24) is 10.3 Å². The average molecular weight is 555 g/mol. The van der Waals surface area contributed by atoms with E-state index >= 15 is 0 Å². The van der Waals surface area contributed by atoms with Gasteiger partial charge in [-0.3, -0.25) is 4.79 Å². The second-order valence-corrected chi connectivity index (χ2v) is 11.0. The second kappa shape index (κ2) is 11.4. The highest BCUT2D eigenvalue weighted by molar-refractivity contribution is 6.36. The van der Waals surface area contributed by atoms with Crippen molar-refractivity contribution in [1.29, 1.82) is 0 Å². The number of aromatic nitrogens is 1. The summed E-state index contributed by atoms with van der Waals surface area (Å²) in [5.74, 6) is 0.199. The molecular formula is C33H31ClN2O4. The number of fused-ring (bicyclic) bond motifs is 4. The molecule has 0 spiro atoms. The summed E-state index contributed by atoms with van der Waals surface area (Å²) < 4.78 is 11.2. The summed E-state index contributed by atoms with van der Waals surface area (Å²) in [5, 5.41) is 4.87. The molecule has 2 aliphatic rings. The third-order valence-electron chi connectivity index (χ3n) is 8.03. The number of hydrogen-bond acceptors (Lipinski definition) is 5. The molecule has 7 heteroatoms. The number of halogens is 1. The number of rotatable bonds is 7. The van der Waals surface area contributed by atoms with E-state index in [1.165, 1.54) is 11.1 Å². The Morgan fingerprint density at radius 1 is 1.00 bits per heavy atom. The molecule has 1 aliphatic heterocycles. The van der Waals surface area contributed by atoms with Crippen molar-refractivity contribution in [2.24, 2.45) is 5.92 Å². The minimum Gasteiger partial charge on any atom is -0.449 e. The first kappa shape index (κ1) is 26.5. The average Bonchev–Trinajstić information content (AvgIpc) is 3.29. The van der Waals surface area contributed by atoms with Crippen LogP contribution in [0.4, 0.5) is 4.79 Å². The molecule has 0 radical (unpaired) electrons. The Morgan fingerprint density at radius 2 is 1.68 bits per heavy atom. The number of ether oxygens (including phenoxy) is 2. The van der Waals surface area contributed by atoms with Crippen molar-refractivity contribution < 1.29 is 19.1 Å². The number of carbonyl (C=O) groups is 2. The number of alkyl carbamates (subject to hydrolysis) is 1. The molecule has 1 saturated heterocycles. The molecule has 6 nitrogen and oxygen atoms in total. The van der Waals surface area contributed by atoms with E-state index < -0.39 is 12.1 Å². The number of hydrogen-bond donors (Lipinski definition) is 1. The summed E-state index contributed by atoms with van der Waals surface area (Å²) in [6, 6.07) is 23.4. The Hall–Kier alpha value is -3.74. The van der Waals surface area contributed by atoms with Crippen LogP contribution in [0.25, 0.3) is 21.9 Å². The number of nitrogens with zero attached hydrogens (tertiary/aromatic N) is 1. The smallest absolute Gasteiger partial charge is 0.407 e. The van der Waals surface area contributed by atoms with Gasteiger partial charge in [-0.25, -0.2) is 9.78 Å². The lowest BCUT2D eigenvalue weighted by molar-refractivity contribution is 0.0600. The zero-order valence-electron chi connectivity index (χ0n) is 22.4. The van der Waals surface area contributed by atoms with Crippen molar-refractivity contribution in [3.8, 4) is 11.1 Å². The van der Waals surface area contributed by atoms with Crippen LogP contribution in [-0.2, 0) is 9.47 Å². The van der Waals surface area contributed by atoms with Gasteiger partial charge < -0.3 is 14.8 Å². The third kappa shape index (κ3) is 5.21. The molecule has 1 aliphatic carbocycles. The number of pyridine rings is 1. The maximum atomic E-state index is 13.5. The Bertz CT molecular complexity index is 1530. The Balaban J connectivity index is 1.19. The van der Waals surface area contributed by atoms with Crippen LogP contribution >= 0.6 is 11.6 Å². The molecule has 6 rings (SSSR count). The first-order chi connectivity index (χ1) is 19.5. The molecule has 1 atom stereocenters. The minimum atomic E-state index is -0.530. The molecular weight excluding hydrogens is 524 g/mol. The first-order valence-electron chi connectivity index (χ1n) is 13.8. The van der Waals surface area contributed by atoms with Crippen LogP contribution < -0.4 is 5.32 Å². The molecule has 40 heavy (non-hydrogen) atoms. The van der Waals surface area contributed by atoms with Gasteiger partial charge in [0.1, 0.15) is 12.3 Å². The van der Waals surface area contributed by atoms with Gasteiger partial charge in [-0.1, -0.05) is 72.3 Å². The summed E-state index contributed by atoms with van der Waals surface area (Å²) in [5.41, 5.74) is 5.61. The molecule has 2 heterocycles. The molecule has 204 valence electrons. The largest absolute Gasteiger partial charge is 0.449 e. The SMILES string of the molecule is C[C@H](NC(=O)OCC1c2ccccc2-c2ccccc21)c1cc2cccc(Cl)c2c(C(=O)CC2CCOCC2)n1. The van der Waals surface area contributed by atoms with Crippen LogP contribution in [0.1, 0.15) is 65.5 Å². The van der Waals surface area contributed by atoms with Gasteiger partial charge in [-0.2, -0.15) is 0 Å². The molecule has 1 amide bonds. The lowest BCUT2D eigenvalue weighted by Gasteiger charge is -2.22. The first-order valence-corrected chi connectivity index (χ1v) is 14.2. The fourth-order valence-corrected chi connectivity index (χ4v) is 6.18. The highest BCUT2D eigenvalue weighted by atomic mass is 35.5. The van der Waals surface area contributed by atoms with Gasteiger partial charge in [0, 0.05) is 30.9 Å². The monoisotopic (exact) mass is 554 g/mol. The van der Waals surface area contributed by atoms with Crippen LogP contribution in [0.15, 0.2) is 72.8 Å². The van der Waals surface area contributed by atoms with E-state index in [-0.39, 0.29) is 24.2 Å². The second-order valence-electron chi connectivity index (χ2n) is 10.6. The van der Waals surface area contributed by atoms with Gasteiger partial charge in [0.05, 0.1) is 16.8 Å². The minimum absolute atomic E-state index is 0.0243. The highest BCUT2D eigenvalue weighted by Gasteiger charge is 2.29. The molecule has 0 unspecified atom stereocenters. The van der Waals surface area contributed by atoms with Crippen LogP contribution in [0.2, 0.25) is 5.02 Å². The van der Waals surface area contributed by atoms with Gasteiger partial charge in [-0.05, 0) is 65.5 Å². The van der Waals surface area contributed by atoms with Gasteiger partial charge in [-0.15, -0.1) is 0 Å². The molecule has 1 N–H and O–H groups in total. The lowest BCUT2D eigenvalue weighted by atomic mass is 9.92. The highest BCUT2D eigenvalue weighted by Crippen LogP contribution is 2.44. The van der Waals surface area contributed by atoms with E-state index in [9.17, 15) is 9.59 Å².